The molecule has 1 fully saturated rings. The number of rotatable bonds is 8. The molecular weight excluding hydrogens is 358 g/mol. The number of hydrogen-bond acceptors (Lipinski definition) is 11. The van der Waals surface area contributed by atoms with Gasteiger partial charge in [0, 0.05) is 6.92 Å². The first kappa shape index (κ1) is 21.1. The van der Waals surface area contributed by atoms with Gasteiger partial charge in [-0.1, -0.05) is 0 Å². The number of nitrogens with one attached hydrogen (secondary N) is 1. The van der Waals surface area contributed by atoms with Crippen molar-refractivity contribution < 1.29 is 56.5 Å². The van der Waals surface area contributed by atoms with Gasteiger partial charge >= 0.3 is 0 Å². The van der Waals surface area contributed by atoms with Gasteiger partial charge in [-0.3, -0.25) is 4.79 Å². The fourth-order valence-electron chi connectivity index (χ4n) is 2.81. The number of ether oxygens (including phenoxy) is 1. The van der Waals surface area contributed by atoms with E-state index in [1.54, 1.807) is 0 Å². The molecule has 0 spiro atoms. The van der Waals surface area contributed by atoms with E-state index in [2.05, 4.69) is 0 Å². The Morgan fingerprint density at radius 1 is 1.23 bits per heavy atom. The lowest BCUT2D eigenvalue weighted by molar-refractivity contribution is -0.256. The quantitative estimate of drug-likeness (QED) is 0.179. The van der Waals surface area contributed by atoms with Gasteiger partial charge in [0.15, 0.2) is 11.8 Å². The lowest BCUT2D eigenvalue weighted by atomic mass is 9.77. The molecule has 0 radical (unpaired) electrons. The minimum absolute atomic E-state index is 0.878. The summed E-state index contributed by atoms with van der Waals surface area (Å²) in [4.78, 5) is 23.8. The van der Waals surface area contributed by atoms with E-state index in [0.29, 0.717) is 0 Å². The molecule has 1 saturated heterocycles. The standard InChI is InChI=1S/C14H25NO11/c1-5(19)15-14(4-18,12(25)8(21)6(20)2-16)13-11(24)10(23)9(22)7(3-17)26-13/h4,6-13,16-17,20-25H,2-3H2,1H3,(H,15,19)/t6-,7-,8-,9+,10+,11-,12+,13-,14+/m1/s1/i4D. The Morgan fingerprint density at radius 3 is 2.23 bits per heavy atom. The van der Waals surface area contributed by atoms with E-state index < -0.39 is 79.8 Å². The highest BCUT2D eigenvalue weighted by atomic mass is 16.5. The van der Waals surface area contributed by atoms with Crippen LogP contribution in [-0.2, 0) is 14.3 Å². The average Bonchev–Trinajstić information content (AvgIpc) is 2.62. The maximum absolute atomic E-state index is 12.1. The lowest BCUT2D eigenvalue weighted by Crippen LogP contribution is -2.76. The fraction of sp³-hybridized carbons (Fsp3) is 0.857. The van der Waals surface area contributed by atoms with Crippen LogP contribution < -0.4 is 5.32 Å². The zero-order valence-electron chi connectivity index (χ0n) is 14.8. The van der Waals surface area contributed by atoms with Crippen LogP contribution in [0.5, 0.6) is 0 Å². The molecule has 1 aliphatic heterocycles. The van der Waals surface area contributed by atoms with Gasteiger partial charge in [0.2, 0.25) is 5.91 Å². The Labute approximate surface area is 149 Å². The number of amides is 1. The first-order valence-electron chi connectivity index (χ1n) is 8.21. The van der Waals surface area contributed by atoms with Crippen LogP contribution in [0.1, 0.15) is 8.29 Å². The Hall–Kier alpha value is -1.22. The third-order valence-corrected chi connectivity index (χ3v) is 4.26. The van der Waals surface area contributed by atoms with Crippen LogP contribution in [0.2, 0.25) is 0 Å². The van der Waals surface area contributed by atoms with Gasteiger partial charge in [0.05, 0.1) is 13.2 Å². The molecule has 0 aromatic carbocycles. The van der Waals surface area contributed by atoms with Crippen LogP contribution in [0.4, 0.5) is 0 Å². The van der Waals surface area contributed by atoms with Gasteiger partial charge in [-0.05, 0) is 0 Å². The van der Waals surface area contributed by atoms with E-state index in [-0.39, 0.29) is 0 Å². The van der Waals surface area contributed by atoms with Gasteiger partial charge < -0.3 is 55.7 Å². The average molecular weight is 384 g/mol. The molecule has 1 aliphatic rings. The maximum Gasteiger partial charge on any atom is 0.217 e. The molecule has 9 N–H and O–H groups in total. The highest BCUT2D eigenvalue weighted by Gasteiger charge is 2.58. The van der Waals surface area contributed by atoms with Crippen LogP contribution >= 0.6 is 0 Å². The van der Waals surface area contributed by atoms with E-state index in [1.807, 2.05) is 5.32 Å². The summed E-state index contributed by atoms with van der Waals surface area (Å²) in [5, 5.41) is 80.1. The summed E-state index contributed by atoms with van der Waals surface area (Å²) in [6.45, 7) is -1.08. The predicted octanol–water partition coefficient (Wildman–Crippen LogP) is -6.02. The molecule has 0 unspecified atom stereocenters. The highest BCUT2D eigenvalue weighted by molar-refractivity contribution is 5.81. The highest BCUT2D eigenvalue weighted by Crippen LogP contribution is 2.31. The van der Waals surface area contributed by atoms with Crippen molar-refractivity contribution >= 4 is 12.2 Å². The molecule has 0 aromatic heterocycles. The summed E-state index contributed by atoms with van der Waals surface area (Å²) in [6.07, 6.45) is -18.2. The Balaban J connectivity index is 3.51. The van der Waals surface area contributed by atoms with E-state index in [4.69, 9.17) is 11.2 Å². The third kappa shape index (κ3) is 4.19. The zero-order valence-corrected chi connectivity index (χ0v) is 13.8. The molecule has 12 heteroatoms. The number of hydrogen-bond donors (Lipinski definition) is 9. The third-order valence-electron chi connectivity index (χ3n) is 4.26. The smallest absolute Gasteiger partial charge is 0.217 e. The minimum Gasteiger partial charge on any atom is -0.394 e. The van der Waals surface area contributed by atoms with E-state index in [9.17, 15) is 45.3 Å². The van der Waals surface area contributed by atoms with Gasteiger partial charge in [-0.15, -0.1) is 0 Å². The molecule has 1 rings (SSSR count). The summed E-state index contributed by atoms with van der Waals surface area (Å²) in [5.74, 6) is -1.02. The summed E-state index contributed by atoms with van der Waals surface area (Å²) >= 11 is 0. The van der Waals surface area contributed by atoms with Crippen molar-refractivity contribution in [2.45, 2.75) is 61.3 Å². The van der Waals surface area contributed by atoms with Gasteiger partial charge in [0.25, 0.3) is 0 Å². The van der Waals surface area contributed by atoms with Gasteiger partial charge in [-0.25, -0.2) is 0 Å². The number of aldehydes is 1. The molecule has 0 aromatic rings. The second-order valence-electron chi connectivity index (χ2n) is 6.09. The monoisotopic (exact) mass is 384 g/mol. The molecule has 12 nitrogen and oxygen atoms in total. The first-order chi connectivity index (χ1) is 12.4. The number of carbonyl (C=O) groups excluding carboxylic acids is 2. The van der Waals surface area contributed by atoms with Crippen molar-refractivity contribution in [2.24, 2.45) is 0 Å². The van der Waals surface area contributed by atoms with Crippen LogP contribution in [0.25, 0.3) is 0 Å². The largest absolute Gasteiger partial charge is 0.394 e. The van der Waals surface area contributed by atoms with Gasteiger partial charge in [-0.2, -0.15) is 0 Å². The predicted molar refractivity (Wildman–Crippen MR) is 81.5 cm³/mol. The number of carbonyl (C=O) groups is 2. The van der Waals surface area contributed by atoms with Crippen molar-refractivity contribution in [3.8, 4) is 0 Å². The summed E-state index contributed by atoms with van der Waals surface area (Å²) < 4.78 is 12.7. The molecule has 152 valence electrons. The van der Waals surface area contributed by atoms with Crippen molar-refractivity contribution in [3.63, 3.8) is 0 Å². The van der Waals surface area contributed by atoms with Crippen molar-refractivity contribution in [3.05, 3.63) is 0 Å². The second kappa shape index (κ2) is 9.12. The SMILES string of the molecule is [2H]C(=O)[C@@](NC(C)=O)([C@@H]1O[C@H](CO)[C@H](O)[C@H](O)[C@H]1O)[C@@H](O)[C@H](O)[C@H](O)CO. The van der Waals surface area contributed by atoms with Crippen molar-refractivity contribution in [1.29, 1.82) is 0 Å². The summed E-state index contributed by atoms with van der Waals surface area (Å²) in [6, 6.07) is 0. The zero-order chi connectivity index (χ0) is 21.1. The fourth-order valence-corrected chi connectivity index (χ4v) is 2.81. The molecule has 0 aliphatic carbocycles. The van der Waals surface area contributed by atoms with Crippen molar-refractivity contribution in [1.82, 2.24) is 5.32 Å². The van der Waals surface area contributed by atoms with Gasteiger partial charge in [0.1, 0.15) is 50.2 Å². The van der Waals surface area contributed by atoms with Crippen molar-refractivity contribution in [2.75, 3.05) is 13.2 Å². The number of aliphatic hydroxyl groups is 8. The molecule has 9 atom stereocenters. The molecule has 0 bridgehead atoms. The topological polar surface area (TPSA) is 217 Å². The Morgan fingerprint density at radius 2 is 1.81 bits per heavy atom. The lowest BCUT2D eigenvalue weighted by Gasteiger charge is -2.49. The number of aliphatic hydroxyl groups excluding tert-OH is 8. The first-order valence-corrected chi connectivity index (χ1v) is 7.71. The second-order valence-corrected chi connectivity index (χ2v) is 6.09. The summed E-state index contributed by atoms with van der Waals surface area (Å²) in [7, 11) is 0. The molecule has 26 heavy (non-hydrogen) atoms. The van der Waals surface area contributed by atoms with E-state index >= 15 is 0 Å². The van der Waals surface area contributed by atoms with Crippen LogP contribution in [-0.4, -0.2) is 121 Å². The molecule has 1 amide bonds. The summed E-state index contributed by atoms with van der Waals surface area (Å²) in [5.41, 5.74) is -2.92. The van der Waals surface area contributed by atoms with E-state index in [0.717, 1.165) is 6.92 Å². The Kier molecular flexibility index (Phi) is 7.40. The van der Waals surface area contributed by atoms with Crippen LogP contribution in [0, 0.1) is 0 Å². The minimum atomic E-state index is -2.92. The molecule has 1 heterocycles. The van der Waals surface area contributed by atoms with Crippen LogP contribution in [0.3, 0.4) is 0 Å². The van der Waals surface area contributed by atoms with Crippen LogP contribution in [0.15, 0.2) is 0 Å². The maximum atomic E-state index is 12.1. The molecular formula is C14H25NO11. The normalized spacial score (nSPS) is 35.6. The molecule has 0 saturated carbocycles. The Bertz CT molecular complexity index is 535. The van der Waals surface area contributed by atoms with E-state index in [1.165, 1.54) is 0 Å².